The van der Waals surface area contributed by atoms with E-state index in [-0.39, 0.29) is 36.9 Å². The second-order valence-electron chi connectivity index (χ2n) is 8.83. The number of carbonyl (C=O) groups is 3. The van der Waals surface area contributed by atoms with Crippen LogP contribution in [0.4, 0.5) is 0 Å². The van der Waals surface area contributed by atoms with Crippen LogP contribution in [0, 0.1) is 5.92 Å². The maximum atomic E-state index is 13.4. The Balaban J connectivity index is 1.86. The highest BCUT2D eigenvalue weighted by Crippen LogP contribution is 2.55. The number of carbonyl (C=O) groups excluding carboxylic acids is 3. The van der Waals surface area contributed by atoms with E-state index in [1.54, 1.807) is 4.90 Å². The maximum absolute atomic E-state index is 13.4. The Morgan fingerprint density at radius 2 is 1.50 bits per heavy atom. The largest absolute Gasteiger partial charge is 0.492 e. The molecular weight excluding hydrogens is 466 g/mol. The van der Waals surface area contributed by atoms with Gasteiger partial charge in [-0.15, -0.1) is 0 Å². The molecule has 9 nitrogen and oxygen atoms in total. The summed E-state index contributed by atoms with van der Waals surface area (Å²) in [5, 5.41) is 0. The number of ether oxygens (including phenoxy) is 5. The van der Waals surface area contributed by atoms with Crippen LogP contribution < -0.4 is 18.9 Å². The molecule has 36 heavy (non-hydrogen) atoms. The van der Waals surface area contributed by atoms with E-state index in [1.165, 1.54) is 35.4 Å². The SMILES string of the molecule is COc1c2c(c(OC)c(OC)c1OC)[C@@H](COCc1ccccc1)N1C(=O)CC(C(C)=O)C(=O)[C@H]1C2. The Kier molecular flexibility index (Phi) is 7.49. The number of rotatable bonds is 9. The van der Waals surface area contributed by atoms with E-state index >= 15 is 0 Å². The van der Waals surface area contributed by atoms with Gasteiger partial charge in [0.05, 0.1) is 59.7 Å². The van der Waals surface area contributed by atoms with Crippen LogP contribution in [-0.4, -0.2) is 63.5 Å². The lowest BCUT2D eigenvalue weighted by Gasteiger charge is -2.47. The molecule has 3 atom stereocenters. The standard InChI is InChI=1S/C27H31NO8/c1-15(29)17-12-21(30)28-19(23(17)31)11-18-22(20(28)14-36-13-16-9-7-6-8-10-16)25(33-3)27(35-5)26(34-4)24(18)32-2/h6-10,17,19-20H,11-14H2,1-5H3/t17?,19-,20-/m1/s1. The normalized spacial score (nSPS) is 20.9. The predicted octanol–water partition coefficient (Wildman–Crippen LogP) is 2.91. The topological polar surface area (TPSA) is 101 Å². The first kappa shape index (κ1) is 25.5. The first-order chi connectivity index (χ1) is 17.4. The molecule has 4 rings (SSSR count). The highest BCUT2D eigenvalue weighted by atomic mass is 16.5. The molecule has 0 N–H and O–H groups in total. The van der Waals surface area contributed by atoms with E-state index in [9.17, 15) is 14.4 Å². The van der Waals surface area contributed by atoms with Crippen LogP contribution in [0.25, 0.3) is 0 Å². The molecule has 2 aromatic rings. The zero-order valence-corrected chi connectivity index (χ0v) is 21.2. The molecular formula is C27H31NO8. The fourth-order valence-electron chi connectivity index (χ4n) is 5.29. The highest BCUT2D eigenvalue weighted by Gasteiger charge is 2.51. The van der Waals surface area contributed by atoms with Crippen molar-refractivity contribution in [1.82, 2.24) is 4.90 Å². The van der Waals surface area contributed by atoms with E-state index in [2.05, 4.69) is 0 Å². The summed E-state index contributed by atoms with van der Waals surface area (Å²) in [6, 6.07) is 8.15. The lowest BCUT2D eigenvalue weighted by atomic mass is 9.77. The number of benzene rings is 2. The van der Waals surface area contributed by atoms with Gasteiger partial charge in [0.25, 0.3) is 0 Å². The predicted molar refractivity (Wildman–Crippen MR) is 130 cm³/mol. The quantitative estimate of drug-likeness (QED) is 0.488. The molecule has 2 aliphatic heterocycles. The van der Waals surface area contributed by atoms with Crippen LogP contribution in [-0.2, 0) is 32.1 Å². The third kappa shape index (κ3) is 4.28. The number of ketones is 2. The minimum Gasteiger partial charge on any atom is -0.492 e. The van der Waals surface area contributed by atoms with Crippen molar-refractivity contribution in [1.29, 1.82) is 0 Å². The molecule has 1 saturated heterocycles. The minimum absolute atomic E-state index is 0.0944. The summed E-state index contributed by atoms with van der Waals surface area (Å²) in [6.45, 7) is 1.76. The summed E-state index contributed by atoms with van der Waals surface area (Å²) in [6.07, 6.45) is -0.0132. The number of hydrogen-bond donors (Lipinski definition) is 0. The van der Waals surface area contributed by atoms with Gasteiger partial charge in [0.1, 0.15) is 5.78 Å². The molecule has 2 aromatic carbocycles. The fourth-order valence-corrected chi connectivity index (χ4v) is 5.29. The number of fused-ring (bicyclic) bond motifs is 2. The molecule has 0 aromatic heterocycles. The lowest BCUT2D eigenvalue weighted by Crippen LogP contribution is -2.59. The van der Waals surface area contributed by atoms with Crippen molar-refractivity contribution in [3.8, 4) is 23.0 Å². The number of amides is 1. The Hall–Kier alpha value is -3.59. The molecule has 1 fully saturated rings. The molecule has 192 valence electrons. The van der Waals surface area contributed by atoms with E-state index in [0.717, 1.165) is 5.56 Å². The summed E-state index contributed by atoms with van der Waals surface area (Å²) in [7, 11) is 5.99. The smallest absolute Gasteiger partial charge is 0.224 e. The molecule has 0 aliphatic carbocycles. The highest BCUT2D eigenvalue weighted by molar-refractivity contribution is 6.10. The fraction of sp³-hybridized carbons (Fsp3) is 0.444. The van der Waals surface area contributed by atoms with Gasteiger partial charge in [-0.05, 0) is 12.5 Å². The number of Topliss-reactive ketones (excluding diaryl/α,β-unsaturated/α-hetero) is 2. The van der Waals surface area contributed by atoms with Gasteiger partial charge in [0, 0.05) is 24.0 Å². The van der Waals surface area contributed by atoms with Crippen molar-refractivity contribution >= 4 is 17.5 Å². The van der Waals surface area contributed by atoms with Gasteiger partial charge in [-0.25, -0.2) is 0 Å². The number of nitrogens with zero attached hydrogens (tertiary/aromatic N) is 1. The van der Waals surface area contributed by atoms with Gasteiger partial charge < -0.3 is 28.6 Å². The van der Waals surface area contributed by atoms with Gasteiger partial charge in [0.15, 0.2) is 17.3 Å². The second kappa shape index (κ2) is 10.6. The van der Waals surface area contributed by atoms with Crippen LogP contribution >= 0.6 is 0 Å². The minimum atomic E-state index is -0.959. The summed E-state index contributed by atoms with van der Waals surface area (Å²) < 4.78 is 28.8. The number of piperidine rings is 1. The third-order valence-electron chi connectivity index (χ3n) is 6.90. The number of methoxy groups -OCH3 is 4. The molecule has 0 radical (unpaired) electrons. The molecule has 9 heteroatoms. The molecule has 0 bridgehead atoms. The first-order valence-electron chi connectivity index (χ1n) is 11.7. The lowest BCUT2D eigenvalue weighted by molar-refractivity contribution is -0.157. The van der Waals surface area contributed by atoms with Crippen LogP contribution in [0.5, 0.6) is 23.0 Å². The maximum Gasteiger partial charge on any atom is 0.224 e. The van der Waals surface area contributed by atoms with Gasteiger partial charge in [-0.1, -0.05) is 30.3 Å². The first-order valence-corrected chi connectivity index (χ1v) is 11.7. The van der Waals surface area contributed by atoms with Crippen molar-refractivity contribution in [3.63, 3.8) is 0 Å². The van der Waals surface area contributed by atoms with Crippen molar-refractivity contribution < 1.29 is 38.1 Å². The summed E-state index contributed by atoms with van der Waals surface area (Å²) in [5.41, 5.74) is 2.27. The Bertz CT molecular complexity index is 1160. The van der Waals surface area contributed by atoms with Crippen molar-refractivity contribution in [2.75, 3.05) is 35.0 Å². The van der Waals surface area contributed by atoms with Crippen molar-refractivity contribution in [2.45, 2.75) is 38.5 Å². The molecule has 2 aliphatic rings. The van der Waals surface area contributed by atoms with Crippen LogP contribution in [0.1, 0.15) is 36.1 Å². The third-order valence-corrected chi connectivity index (χ3v) is 6.90. The average molecular weight is 498 g/mol. The van der Waals surface area contributed by atoms with Gasteiger partial charge in [0.2, 0.25) is 17.4 Å². The van der Waals surface area contributed by atoms with E-state index in [0.29, 0.717) is 40.7 Å². The van der Waals surface area contributed by atoms with E-state index in [4.69, 9.17) is 23.7 Å². The summed E-state index contributed by atoms with van der Waals surface area (Å²) in [5.74, 6) is -0.419. The van der Waals surface area contributed by atoms with Gasteiger partial charge >= 0.3 is 0 Å². The van der Waals surface area contributed by atoms with Crippen LogP contribution in [0.15, 0.2) is 30.3 Å². The van der Waals surface area contributed by atoms with Crippen LogP contribution in [0.3, 0.4) is 0 Å². The van der Waals surface area contributed by atoms with Gasteiger partial charge in [-0.2, -0.15) is 0 Å². The zero-order chi connectivity index (χ0) is 26.0. The molecule has 2 heterocycles. The molecule has 0 saturated carbocycles. The number of hydrogen-bond acceptors (Lipinski definition) is 8. The Labute approximate surface area is 210 Å². The van der Waals surface area contributed by atoms with Crippen molar-refractivity contribution in [2.24, 2.45) is 5.92 Å². The molecule has 1 unspecified atom stereocenters. The Morgan fingerprint density at radius 3 is 2.08 bits per heavy atom. The van der Waals surface area contributed by atoms with Crippen molar-refractivity contribution in [3.05, 3.63) is 47.0 Å². The summed E-state index contributed by atoms with van der Waals surface area (Å²) >= 11 is 0. The molecule has 1 amide bonds. The van der Waals surface area contributed by atoms with Gasteiger partial charge in [-0.3, -0.25) is 14.4 Å². The zero-order valence-electron chi connectivity index (χ0n) is 21.2. The monoisotopic (exact) mass is 497 g/mol. The second-order valence-corrected chi connectivity index (χ2v) is 8.83. The van der Waals surface area contributed by atoms with E-state index in [1.807, 2.05) is 30.3 Å². The average Bonchev–Trinajstić information content (AvgIpc) is 2.89. The Morgan fingerprint density at radius 1 is 0.889 bits per heavy atom. The van der Waals surface area contributed by atoms with Crippen LogP contribution in [0.2, 0.25) is 0 Å². The molecule has 0 spiro atoms. The van der Waals surface area contributed by atoms with E-state index < -0.39 is 18.0 Å². The summed E-state index contributed by atoms with van der Waals surface area (Å²) in [4.78, 5) is 40.6.